The molecule has 0 aliphatic rings. The molecular formula is C24H27ClN4O3S. The molecule has 1 amide bonds. The Balaban J connectivity index is 1.69. The summed E-state index contributed by atoms with van der Waals surface area (Å²) in [4.78, 5) is 21.8. The quantitative estimate of drug-likeness (QED) is 0.332. The highest BCUT2D eigenvalue weighted by molar-refractivity contribution is 8.00. The third-order valence-corrected chi connectivity index (χ3v) is 6.24. The Labute approximate surface area is 203 Å². The van der Waals surface area contributed by atoms with E-state index in [4.69, 9.17) is 26.8 Å². The van der Waals surface area contributed by atoms with Gasteiger partial charge in [-0.05, 0) is 48.7 Å². The van der Waals surface area contributed by atoms with Crippen molar-refractivity contribution in [2.75, 3.05) is 20.0 Å². The maximum atomic E-state index is 12.7. The molecule has 174 valence electrons. The Kier molecular flexibility index (Phi) is 8.41. The topological polar surface area (TPSA) is 99.4 Å². The molecule has 1 unspecified atom stereocenters. The lowest BCUT2D eigenvalue weighted by molar-refractivity contribution is -0.120. The van der Waals surface area contributed by atoms with E-state index in [0.29, 0.717) is 40.5 Å². The number of rotatable bonds is 9. The molecular weight excluding hydrogens is 460 g/mol. The third-order valence-electron chi connectivity index (χ3n) is 5.03. The smallest absolute Gasteiger partial charge is 0.233 e. The first-order chi connectivity index (χ1) is 15.9. The highest BCUT2D eigenvalue weighted by Crippen LogP contribution is 2.32. The summed E-state index contributed by atoms with van der Waals surface area (Å²) in [5.74, 6) is 1.50. The number of thioether (sulfide) groups is 1. The number of amides is 1. The van der Waals surface area contributed by atoms with E-state index in [1.807, 2.05) is 56.3 Å². The zero-order valence-corrected chi connectivity index (χ0v) is 20.6. The first kappa shape index (κ1) is 24.7. The average molecular weight is 487 g/mol. The fraction of sp³-hybridized carbons (Fsp3) is 0.292. The van der Waals surface area contributed by atoms with E-state index in [1.54, 1.807) is 14.2 Å². The Morgan fingerprint density at radius 2 is 1.82 bits per heavy atom. The van der Waals surface area contributed by atoms with Crippen LogP contribution in [0.2, 0.25) is 5.02 Å². The maximum absolute atomic E-state index is 12.7. The lowest BCUT2D eigenvalue weighted by atomic mass is 10.0. The van der Waals surface area contributed by atoms with Gasteiger partial charge in [-0.1, -0.05) is 48.5 Å². The first-order valence-electron chi connectivity index (χ1n) is 10.4. The number of halogens is 1. The number of benzene rings is 2. The summed E-state index contributed by atoms with van der Waals surface area (Å²) >= 11 is 7.27. The van der Waals surface area contributed by atoms with Crippen LogP contribution in [0.5, 0.6) is 11.5 Å². The number of nitrogens with one attached hydrogen (secondary N) is 1. The second-order valence-electron chi connectivity index (χ2n) is 7.24. The van der Waals surface area contributed by atoms with Gasteiger partial charge in [0.25, 0.3) is 0 Å². The number of carbonyl (C=O) groups is 1. The van der Waals surface area contributed by atoms with Gasteiger partial charge >= 0.3 is 0 Å². The zero-order chi connectivity index (χ0) is 24.0. The number of hydrogen-bond acceptors (Lipinski definition) is 7. The van der Waals surface area contributed by atoms with Gasteiger partial charge in [0, 0.05) is 17.1 Å². The van der Waals surface area contributed by atoms with Gasteiger partial charge in [-0.2, -0.15) is 0 Å². The van der Waals surface area contributed by atoms with Crippen LogP contribution in [0.15, 0.2) is 47.6 Å². The first-order valence-corrected chi connectivity index (χ1v) is 11.7. The number of nitrogens with zero attached hydrogens (tertiary/aromatic N) is 2. The highest BCUT2D eigenvalue weighted by Gasteiger charge is 2.19. The summed E-state index contributed by atoms with van der Waals surface area (Å²) in [6.45, 7) is 4.19. The molecule has 9 heteroatoms. The van der Waals surface area contributed by atoms with Crippen molar-refractivity contribution in [3.05, 3.63) is 58.7 Å². The maximum Gasteiger partial charge on any atom is 0.233 e. The normalized spacial score (nSPS) is 11.7. The van der Waals surface area contributed by atoms with Crippen LogP contribution in [0.4, 0.5) is 5.82 Å². The molecule has 2 aromatic carbocycles. The van der Waals surface area contributed by atoms with Gasteiger partial charge in [-0.3, -0.25) is 4.79 Å². The molecule has 0 aliphatic carbocycles. The largest absolute Gasteiger partial charge is 0.493 e. The molecule has 0 saturated carbocycles. The van der Waals surface area contributed by atoms with Crippen molar-refractivity contribution in [1.82, 2.24) is 15.3 Å². The molecule has 3 aromatic rings. The minimum absolute atomic E-state index is 0.128. The standard InChI is InChI=1S/C24H27ClN4O3S/c1-5-18-21(16-7-9-17(25)10-8-16)22(26)29-24(28-18)33-14(2)23(30)27-13-15-6-11-19(31-3)20(12-15)32-4/h6-12,14H,5,13H2,1-4H3,(H,27,30)(H2,26,28,29). The molecule has 3 N–H and O–H groups in total. The van der Waals surface area contributed by atoms with Crippen LogP contribution in [-0.2, 0) is 17.8 Å². The van der Waals surface area contributed by atoms with Crippen LogP contribution in [-0.4, -0.2) is 35.3 Å². The van der Waals surface area contributed by atoms with Crippen LogP contribution in [0.3, 0.4) is 0 Å². The molecule has 1 heterocycles. The summed E-state index contributed by atoms with van der Waals surface area (Å²) in [5, 5.41) is 3.65. The van der Waals surface area contributed by atoms with Crippen LogP contribution in [0, 0.1) is 0 Å². The second kappa shape index (κ2) is 11.2. The summed E-state index contributed by atoms with van der Waals surface area (Å²) in [6.07, 6.45) is 0.679. The number of ether oxygens (including phenoxy) is 2. The number of aromatic nitrogens is 2. The second-order valence-corrected chi connectivity index (χ2v) is 8.99. The Bertz CT molecular complexity index is 1130. The average Bonchev–Trinajstić information content (AvgIpc) is 2.82. The lowest BCUT2D eigenvalue weighted by Crippen LogP contribution is -2.30. The summed E-state index contributed by atoms with van der Waals surface area (Å²) in [7, 11) is 3.16. The van der Waals surface area contributed by atoms with E-state index in [1.165, 1.54) is 11.8 Å². The lowest BCUT2D eigenvalue weighted by Gasteiger charge is -2.15. The Hall–Kier alpha value is -2.97. The molecule has 0 saturated heterocycles. The van der Waals surface area contributed by atoms with E-state index in [-0.39, 0.29) is 5.91 Å². The number of methoxy groups -OCH3 is 2. The number of nitrogens with two attached hydrogens (primary N) is 1. The Morgan fingerprint density at radius 3 is 2.45 bits per heavy atom. The van der Waals surface area contributed by atoms with Crippen molar-refractivity contribution in [3.63, 3.8) is 0 Å². The third kappa shape index (κ3) is 6.09. The summed E-state index contributed by atoms with van der Waals surface area (Å²) in [5.41, 5.74) is 9.72. The van der Waals surface area contributed by atoms with Gasteiger partial charge in [0.05, 0.1) is 25.2 Å². The molecule has 0 aliphatic heterocycles. The fourth-order valence-electron chi connectivity index (χ4n) is 3.28. The number of aryl methyl sites for hydroxylation is 1. The van der Waals surface area contributed by atoms with Crippen LogP contribution in [0.1, 0.15) is 25.1 Å². The summed E-state index contributed by atoms with van der Waals surface area (Å²) < 4.78 is 10.6. The number of carbonyl (C=O) groups excluding carboxylic acids is 1. The van der Waals surface area contributed by atoms with Crippen molar-refractivity contribution in [2.45, 2.75) is 37.2 Å². The molecule has 3 rings (SSSR count). The molecule has 0 radical (unpaired) electrons. The fourth-order valence-corrected chi connectivity index (χ4v) is 4.22. The number of hydrogen-bond donors (Lipinski definition) is 2. The van der Waals surface area contributed by atoms with Crippen LogP contribution >= 0.6 is 23.4 Å². The minimum Gasteiger partial charge on any atom is -0.493 e. The minimum atomic E-state index is -0.407. The predicted molar refractivity (Wildman–Crippen MR) is 133 cm³/mol. The van der Waals surface area contributed by atoms with Gasteiger partial charge in [-0.25, -0.2) is 9.97 Å². The van der Waals surface area contributed by atoms with Crippen LogP contribution in [0.25, 0.3) is 11.1 Å². The number of nitrogen functional groups attached to an aromatic ring is 1. The highest BCUT2D eigenvalue weighted by atomic mass is 35.5. The Morgan fingerprint density at radius 1 is 1.12 bits per heavy atom. The van der Waals surface area contributed by atoms with Gasteiger partial charge in [0.15, 0.2) is 16.7 Å². The molecule has 1 aromatic heterocycles. The van der Waals surface area contributed by atoms with Crippen molar-refractivity contribution in [2.24, 2.45) is 0 Å². The van der Waals surface area contributed by atoms with Gasteiger partial charge < -0.3 is 20.5 Å². The van der Waals surface area contributed by atoms with E-state index in [0.717, 1.165) is 22.4 Å². The van der Waals surface area contributed by atoms with E-state index in [9.17, 15) is 4.79 Å². The van der Waals surface area contributed by atoms with E-state index in [2.05, 4.69) is 15.3 Å². The molecule has 1 atom stereocenters. The summed E-state index contributed by atoms with van der Waals surface area (Å²) in [6, 6.07) is 12.9. The van der Waals surface area contributed by atoms with Crippen molar-refractivity contribution < 1.29 is 14.3 Å². The van der Waals surface area contributed by atoms with E-state index >= 15 is 0 Å². The van der Waals surface area contributed by atoms with E-state index < -0.39 is 5.25 Å². The number of anilines is 1. The molecule has 7 nitrogen and oxygen atoms in total. The van der Waals surface area contributed by atoms with Crippen molar-refractivity contribution >= 4 is 35.1 Å². The zero-order valence-electron chi connectivity index (χ0n) is 19.0. The molecule has 0 bridgehead atoms. The van der Waals surface area contributed by atoms with Gasteiger partial charge in [0.2, 0.25) is 5.91 Å². The van der Waals surface area contributed by atoms with Crippen molar-refractivity contribution in [1.29, 1.82) is 0 Å². The molecule has 0 fully saturated rings. The monoisotopic (exact) mass is 486 g/mol. The van der Waals surface area contributed by atoms with Crippen molar-refractivity contribution in [3.8, 4) is 22.6 Å². The molecule has 33 heavy (non-hydrogen) atoms. The predicted octanol–water partition coefficient (Wildman–Crippen LogP) is 4.76. The van der Waals surface area contributed by atoms with Crippen LogP contribution < -0.4 is 20.5 Å². The van der Waals surface area contributed by atoms with Gasteiger partial charge in [-0.15, -0.1) is 0 Å². The molecule has 0 spiro atoms. The SMILES string of the molecule is CCc1nc(SC(C)C(=O)NCc2ccc(OC)c(OC)c2)nc(N)c1-c1ccc(Cl)cc1. The van der Waals surface area contributed by atoms with Gasteiger partial charge in [0.1, 0.15) is 5.82 Å².